The highest BCUT2D eigenvalue weighted by Crippen LogP contribution is 2.26. The number of likely N-dealkylation sites (N-methyl/N-ethyl adjacent to an activating group) is 1. The van der Waals surface area contributed by atoms with Crippen LogP contribution >= 0.6 is 11.3 Å². The lowest BCUT2D eigenvalue weighted by Gasteiger charge is -2.33. The molecule has 0 atom stereocenters. The van der Waals surface area contributed by atoms with Crippen molar-refractivity contribution in [3.63, 3.8) is 0 Å². The fourth-order valence-corrected chi connectivity index (χ4v) is 4.05. The fraction of sp³-hybridized carbons (Fsp3) is 0.409. The maximum absolute atomic E-state index is 12.3. The quantitative estimate of drug-likeness (QED) is 0.719. The van der Waals surface area contributed by atoms with E-state index in [0.29, 0.717) is 22.0 Å². The summed E-state index contributed by atoms with van der Waals surface area (Å²) in [6, 6.07) is 10.2. The van der Waals surface area contributed by atoms with Gasteiger partial charge in [-0.25, -0.2) is 4.79 Å². The first-order chi connectivity index (χ1) is 13.9. The van der Waals surface area contributed by atoms with E-state index in [-0.39, 0.29) is 24.5 Å². The number of amides is 2. The zero-order chi connectivity index (χ0) is 20.8. The highest BCUT2D eigenvalue weighted by molar-refractivity contribution is 7.12. The van der Waals surface area contributed by atoms with E-state index < -0.39 is 5.97 Å². The Labute approximate surface area is 174 Å². The lowest BCUT2D eigenvalue weighted by molar-refractivity contribution is -0.136. The van der Waals surface area contributed by atoms with Gasteiger partial charge in [0.05, 0.1) is 10.4 Å². The molecule has 1 aromatic carbocycles. The number of hydrogen-bond acceptors (Lipinski definition) is 5. The molecule has 154 valence electrons. The van der Waals surface area contributed by atoms with Gasteiger partial charge in [-0.3, -0.25) is 9.59 Å². The topological polar surface area (TPSA) is 75.7 Å². The molecule has 0 aliphatic heterocycles. The van der Waals surface area contributed by atoms with Gasteiger partial charge in [0.25, 0.3) is 11.8 Å². The molecule has 2 amide bonds. The molecule has 0 radical (unpaired) electrons. The summed E-state index contributed by atoms with van der Waals surface area (Å²) >= 11 is 1.36. The van der Waals surface area contributed by atoms with E-state index >= 15 is 0 Å². The minimum atomic E-state index is -0.555. The number of nitrogens with one attached hydrogen (secondary N) is 1. The highest BCUT2D eigenvalue weighted by atomic mass is 32.1. The maximum atomic E-state index is 12.3. The van der Waals surface area contributed by atoms with Gasteiger partial charge in [-0.1, -0.05) is 13.0 Å². The summed E-state index contributed by atoms with van der Waals surface area (Å²) < 4.78 is 5.19. The van der Waals surface area contributed by atoms with E-state index in [9.17, 15) is 14.4 Å². The molecule has 1 fully saturated rings. The molecule has 29 heavy (non-hydrogen) atoms. The SMILES string of the molecule is CC1CCC(N(C)C(=O)COC(=O)c2ccc(NC(=O)c3cccs3)cc2)CC1. The molecule has 0 unspecified atom stereocenters. The molecular weight excluding hydrogens is 388 g/mol. The Morgan fingerprint density at radius 3 is 2.41 bits per heavy atom. The zero-order valence-electron chi connectivity index (χ0n) is 16.7. The summed E-state index contributed by atoms with van der Waals surface area (Å²) in [4.78, 5) is 39.0. The molecule has 0 bridgehead atoms. The summed E-state index contributed by atoms with van der Waals surface area (Å²) in [7, 11) is 1.78. The van der Waals surface area contributed by atoms with E-state index in [2.05, 4.69) is 12.2 Å². The lowest BCUT2D eigenvalue weighted by atomic mass is 9.87. The van der Waals surface area contributed by atoms with Crippen molar-refractivity contribution in [2.45, 2.75) is 38.6 Å². The van der Waals surface area contributed by atoms with Gasteiger partial charge in [0.15, 0.2) is 6.61 Å². The van der Waals surface area contributed by atoms with Gasteiger partial charge < -0.3 is 15.0 Å². The van der Waals surface area contributed by atoms with E-state index in [0.717, 1.165) is 25.7 Å². The normalized spacial score (nSPS) is 18.7. The van der Waals surface area contributed by atoms with E-state index in [1.165, 1.54) is 11.3 Å². The van der Waals surface area contributed by atoms with Crippen molar-refractivity contribution in [3.8, 4) is 0 Å². The van der Waals surface area contributed by atoms with Gasteiger partial charge in [0.1, 0.15) is 0 Å². The minimum Gasteiger partial charge on any atom is -0.452 e. The average Bonchev–Trinajstić information content (AvgIpc) is 3.27. The molecule has 1 saturated carbocycles. The Hall–Kier alpha value is -2.67. The van der Waals surface area contributed by atoms with Crippen LogP contribution < -0.4 is 5.32 Å². The second-order valence-corrected chi connectivity index (χ2v) is 8.45. The Morgan fingerprint density at radius 1 is 1.10 bits per heavy atom. The Morgan fingerprint density at radius 2 is 1.79 bits per heavy atom. The van der Waals surface area contributed by atoms with Crippen molar-refractivity contribution in [1.29, 1.82) is 0 Å². The lowest BCUT2D eigenvalue weighted by Crippen LogP contribution is -2.41. The van der Waals surface area contributed by atoms with Crippen LogP contribution in [0.2, 0.25) is 0 Å². The largest absolute Gasteiger partial charge is 0.452 e. The Balaban J connectivity index is 1.47. The van der Waals surface area contributed by atoms with Crippen LogP contribution in [0, 0.1) is 5.92 Å². The van der Waals surface area contributed by atoms with Crippen molar-refractivity contribution in [3.05, 3.63) is 52.2 Å². The van der Waals surface area contributed by atoms with Crippen LogP contribution in [-0.2, 0) is 9.53 Å². The third-order valence-electron chi connectivity index (χ3n) is 5.38. The molecule has 3 rings (SSSR count). The van der Waals surface area contributed by atoms with Crippen molar-refractivity contribution >= 4 is 34.8 Å². The van der Waals surface area contributed by atoms with Gasteiger partial charge in [-0.05, 0) is 67.3 Å². The predicted molar refractivity (Wildman–Crippen MR) is 113 cm³/mol. The Bertz CT molecular complexity index is 840. The van der Waals surface area contributed by atoms with Gasteiger partial charge >= 0.3 is 5.97 Å². The predicted octanol–water partition coefficient (Wildman–Crippen LogP) is 4.19. The number of carbonyl (C=O) groups excluding carboxylic acids is 3. The third-order valence-corrected chi connectivity index (χ3v) is 6.25. The molecule has 0 spiro atoms. The zero-order valence-corrected chi connectivity index (χ0v) is 17.5. The molecule has 7 heteroatoms. The second-order valence-electron chi connectivity index (χ2n) is 7.50. The number of esters is 1. The van der Waals surface area contributed by atoms with Crippen LogP contribution in [-0.4, -0.2) is 42.4 Å². The van der Waals surface area contributed by atoms with Gasteiger partial charge in [-0.15, -0.1) is 11.3 Å². The van der Waals surface area contributed by atoms with Crippen LogP contribution in [0.1, 0.15) is 52.6 Å². The summed E-state index contributed by atoms with van der Waals surface area (Å²) in [6.07, 6.45) is 4.24. The number of rotatable bonds is 6. The molecule has 2 aromatic rings. The van der Waals surface area contributed by atoms with Crippen molar-refractivity contribution in [2.75, 3.05) is 19.0 Å². The molecule has 1 aromatic heterocycles. The van der Waals surface area contributed by atoms with E-state index in [1.54, 1.807) is 42.3 Å². The number of nitrogens with zero attached hydrogens (tertiary/aromatic N) is 1. The summed E-state index contributed by atoms with van der Waals surface area (Å²) in [6.45, 7) is 1.97. The van der Waals surface area contributed by atoms with Crippen molar-refractivity contribution in [1.82, 2.24) is 4.90 Å². The molecule has 1 aliphatic rings. The highest BCUT2D eigenvalue weighted by Gasteiger charge is 2.25. The van der Waals surface area contributed by atoms with Gasteiger partial charge in [0.2, 0.25) is 0 Å². The standard InChI is InChI=1S/C22H26N2O4S/c1-15-5-11-18(12-6-15)24(2)20(25)14-28-22(27)16-7-9-17(10-8-16)23-21(26)19-4-3-13-29-19/h3-4,7-10,13,15,18H,5-6,11-12,14H2,1-2H3,(H,23,26). The molecule has 0 saturated heterocycles. The smallest absolute Gasteiger partial charge is 0.338 e. The van der Waals surface area contributed by atoms with E-state index in [1.807, 2.05) is 11.4 Å². The van der Waals surface area contributed by atoms with Crippen LogP contribution in [0.15, 0.2) is 41.8 Å². The summed E-state index contributed by atoms with van der Waals surface area (Å²) in [5.74, 6) is -0.218. The molecule has 1 N–H and O–H groups in total. The number of ether oxygens (including phenoxy) is 1. The van der Waals surface area contributed by atoms with E-state index in [4.69, 9.17) is 4.74 Å². The Kier molecular flexibility index (Phi) is 7.04. The molecule has 6 nitrogen and oxygen atoms in total. The molecule has 1 aliphatic carbocycles. The van der Waals surface area contributed by atoms with Crippen LogP contribution in [0.4, 0.5) is 5.69 Å². The summed E-state index contributed by atoms with van der Waals surface area (Å²) in [5.41, 5.74) is 0.920. The van der Waals surface area contributed by atoms with Crippen molar-refractivity contribution in [2.24, 2.45) is 5.92 Å². The first-order valence-corrected chi connectivity index (χ1v) is 10.7. The first kappa shape index (κ1) is 21.0. The van der Waals surface area contributed by atoms with Crippen LogP contribution in [0.3, 0.4) is 0 Å². The number of anilines is 1. The number of benzene rings is 1. The first-order valence-electron chi connectivity index (χ1n) is 9.81. The number of carbonyl (C=O) groups is 3. The van der Waals surface area contributed by atoms with Gasteiger partial charge in [-0.2, -0.15) is 0 Å². The minimum absolute atomic E-state index is 0.183. The third kappa shape index (κ3) is 5.67. The fourth-order valence-electron chi connectivity index (χ4n) is 3.44. The average molecular weight is 415 g/mol. The monoisotopic (exact) mass is 414 g/mol. The second kappa shape index (κ2) is 9.69. The number of hydrogen-bond donors (Lipinski definition) is 1. The number of thiophene rings is 1. The van der Waals surface area contributed by atoms with Crippen LogP contribution in [0.5, 0.6) is 0 Å². The van der Waals surface area contributed by atoms with Crippen molar-refractivity contribution < 1.29 is 19.1 Å². The van der Waals surface area contributed by atoms with Crippen LogP contribution in [0.25, 0.3) is 0 Å². The van der Waals surface area contributed by atoms with Gasteiger partial charge in [0, 0.05) is 18.8 Å². The molecular formula is C22H26N2O4S. The summed E-state index contributed by atoms with van der Waals surface area (Å²) in [5, 5.41) is 4.61. The molecule has 1 heterocycles. The maximum Gasteiger partial charge on any atom is 0.338 e.